The van der Waals surface area contributed by atoms with Crippen molar-refractivity contribution in [3.8, 4) is 17.2 Å². The molecule has 5 aliphatic rings. The molecular weight excluding hydrogens is 779 g/mol. The number of unbranched alkanes of at least 4 members (excludes halogenated alkanes) is 1. The first-order valence-electron chi connectivity index (χ1n) is 18.5. The number of phenols is 2. The highest BCUT2D eigenvalue weighted by Crippen LogP contribution is 2.72. The van der Waals surface area contributed by atoms with Gasteiger partial charge in [-0.25, -0.2) is 14.0 Å². The number of hydrogen-bond acceptors (Lipinski definition) is 18. The van der Waals surface area contributed by atoms with E-state index in [-0.39, 0.29) is 50.9 Å². The minimum absolute atomic E-state index is 0.0202. The Morgan fingerprint density at radius 1 is 1.03 bits per heavy atom. The number of esters is 1. The Balaban J connectivity index is 1.12. The van der Waals surface area contributed by atoms with Gasteiger partial charge < -0.3 is 39.0 Å². The normalized spacial score (nSPS) is 32.8. The summed E-state index contributed by atoms with van der Waals surface area (Å²) < 4.78 is 45.6. The zero-order valence-corrected chi connectivity index (χ0v) is 31.9. The lowest BCUT2D eigenvalue weighted by Gasteiger charge is -2.62. The van der Waals surface area contributed by atoms with Crippen LogP contribution < -0.4 is 4.74 Å². The number of halogens is 1. The highest BCUT2D eigenvalue weighted by atomic mass is 19.1. The summed E-state index contributed by atoms with van der Waals surface area (Å²) in [4.78, 5) is 81.3. The first-order valence-corrected chi connectivity index (χ1v) is 18.5. The smallest absolute Gasteiger partial charge is 0.504 e. The summed E-state index contributed by atoms with van der Waals surface area (Å²) in [5.74, 6) is -7.34. The number of alkyl halides is 1. The third-order valence-corrected chi connectivity index (χ3v) is 12.3. The topological polar surface area (TPSA) is 280 Å². The molecular formula is C37H43FN2O18. The molecule has 1 aromatic carbocycles. The number of carbonyl (C=O) groups is 4. The molecule has 1 heterocycles. The fraction of sp³-hybridized carbons (Fsp3) is 0.622. The molecule has 2 unspecified atom stereocenters. The van der Waals surface area contributed by atoms with Crippen molar-refractivity contribution in [2.24, 2.45) is 22.7 Å². The number of phenolic OH excluding ortho intramolecular Hbond substituents is 2. The maximum atomic E-state index is 17.7. The monoisotopic (exact) mass is 822 g/mol. The largest absolute Gasteiger partial charge is 0.514 e. The number of aliphatic hydroxyl groups is 1. The van der Waals surface area contributed by atoms with Gasteiger partial charge in [-0.1, -0.05) is 18.6 Å². The number of fused-ring (bicyclic) bond motifs is 7. The van der Waals surface area contributed by atoms with Crippen LogP contribution in [0.2, 0.25) is 0 Å². The van der Waals surface area contributed by atoms with E-state index in [4.69, 9.17) is 23.7 Å². The fourth-order valence-corrected chi connectivity index (χ4v) is 9.93. The van der Waals surface area contributed by atoms with E-state index in [1.54, 1.807) is 27.7 Å². The first kappa shape index (κ1) is 42.2. The second-order valence-electron chi connectivity index (χ2n) is 16.0. The van der Waals surface area contributed by atoms with E-state index in [0.29, 0.717) is 12.0 Å². The summed E-state index contributed by atoms with van der Waals surface area (Å²) in [6, 6.07) is 1.65. The van der Waals surface area contributed by atoms with Gasteiger partial charge in [0.25, 0.3) is 16.5 Å². The molecule has 4 fully saturated rings. The van der Waals surface area contributed by atoms with Gasteiger partial charge in [-0.2, -0.15) is 0 Å². The molecule has 1 aliphatic heterocycles. The Hall–Kier alpha value is -5.41. The number of carbonyl (C=O) groups excluding carboxylic acids is 4. The van der Waals surface area contributed by atoms with E-state index in [9.17, 15) is 54.7 Å². The van der Waals surface area contributed by atoms with Crippen LogP contribution in [0.15, 0.2) is 35.9 Å². The third-order valence-electron chi connectivity index (χ3n) is 12.3. The highest BCUT2D eigenvalue weighted by molar-refractivity contribution is 6.01. The quantitative estimate of drug-likeness (QED) is 0.0452. The van der Waals surface area contributed by atoms with Crippen LogP contribution in [0.3, 0.4) is 0 Å². The molecule has 3 saturated carbocycles. The van der Waals surface area contributed by atoms with Crippen molar-refractivity contribution in [1.82, 2.24) is 0 Å². The molecule has 4 aliphatic carbocycles. The number of allylic oxidation sites excluding steroid dienone is 4. The van der Waals surface area contributed by atoms with Crippen LogP contribution in [0.25, 0.3) is 0 Å². The van der Waals surface area contributed by atoms with Crippen molar-refractivity contribution in [2.75, 3.05) is 13.2 Å². The standard InChI is InChI=1S/C37H43FN2O18/c1-33(2)55-28-16-23-22-9-8-20-15-21(41)10-11-34(20,3)36(22,38)26(43)17-35(23,4)37(28,58-33)27(44)18-53-32(47)54-25-14-19(13-24(42)30(25)45)31(46)52-12-6-5-7-29(56-39(48)49)57-40(50)51/h10-11,13-15,22-23,26,28-29,42-43,45H,5-9,12,16-18H2,1-4H3/t22?,23?,26-,28+,34-,35-,36-,37+/m0/s1. The third kappa shape index (κ3) is 7.08. The van der Waals surface area contributed by atoms with Crippen molar-refractivity contribution in [3.63, 3.8) is 0 Å². The Kier molecular flexibility index (Phi) is 11.0. The van der Waals surface area contributed by atoms with Gasteiger partial charge >= 0.3 is 12.1 Å². The molecule has 3 N–H and O–H groups in total. The molecule has 8 atom stereocenters. The fourth-order valence-electron chi connectivity index (χ4n) is 9.93. The maximum absolute atomic E-state index is 17.7. The van der Waals surface area contributed by atoms with Gasteiger partial charge in [0, 0.05) is 16.7 Å². The van der Waals surface area contributed by atoms with E-state index < -0.39 is 116 Å². The van der Waals surface area contributed by atoms with Gasteiger partial charge in [0.05, 0.1) is 24.4 Å². The predicted molar refractivity (Wildman–Crippen MR) is 187 cm³/mol. The molecule has 0 aromatic heterocycles. The molecule has 0 bridgehead atoms. The van der Waals surface area contributed by atoms with Crippen LogP contribution in [0.4, 0.5) is 9.18 Å². The van der Waals surface area contributed by atoms with Crippen LogP contribution >= 0.6 is 0 Å². The number of rotatable bonds is 14. The zero-order chi connectivity index (χ0) is 42.6. The minimum Gasteiger partial charge on any atom is -0.504 e. The Morgan fingerprint density at radius 3 is 2.40 bits per heavy atom. The molecule has 0 radical (unpaired) electrons. The maximum Gasteiger partial charge on any atom is 0.514 e. The van der Waals surface area contributed by atoms with E-state index in [0.717, 1.165) is 12.1 Å². The number of ether oxygens (including phenoxy) is 5. The molecule has 0 amide bonds. The Bertz CT molecular complexity index is 1950. The van der Waals surface area contributed by atoms with Gasteiger partial charge in [0.1, 0.15) is 0 Å². The molecule has 1 aromatic rings. The summed E-state index contributed by atoms with van der Waals surface area (Å²) in [7, 11) is 0. The predicted octanol–water partition coefficient (Wildman–Crippen LogP) is 4.12. The van der Waals surface area contributed by atoms with Crippen LogP contribution in [-0.2, 0) is 38.2 Å². The number of benzene rings is 1. The van der Waals surface area contributed by atoms with Gasteiger partial charge in [-0.15, -0.1) is 20.2 Å². The molecule has 21 heteroatoms. The summed E-state index contributed by atoms with van der Waals surface area (Å²) in [5, 5.41) is 50.9. The number of aromatic hydroxyl groups is 2. The number of ketones is 2. The lowest BCUT2D eigenvalue weighted by Crippen LogP contribution is -2.70. The van der Waals surface area contributed by atoms with Gasteiger partial charge in [0.2, 0.25) is 11.5 Å². The lowest BCUT2D eigenvalue weighted by atomic mass is 9.44. The van der Waals surface area contributed by atoms with Gasteiger partial charge in [-0.05, 0) is 95.9 Å². The second-order valence-corrected chi connectivity index (χ2v) is 16.0. The summed E-state index contributed by atoms with van der Waals surface area (Å²) in [5.41, 5.74) is -6.33. The molecule has 20 nitrogen and oxygen atoms in total. The Labute approximate surface area is 329 Å². The van der Waals surface area contributed by atoms with Crippen LogP contribution in [-0.4, -0.2) is 98.0 Å². The molecule has 0 spiro atoms. The van der Waals surface area contributed by atoms with E-state index in [1.807, 2.05) is 0 Å². The first-order chi connectivity index (χ1) is 27.1. The molecule has 58 heavy (non-hydrogen) atoms. The summed E-state index contributed by atoms with van der Waals surface area (Å²) in [6.07, 6.45) is -1.24. The lowest BCUT2D eigenvalue weighted by molar-refractivity contribution is -0.851. The zero-order valence-electron chi connectivity index (χ0n) is 31.9. The van der Waals surface area contributed by atoms with Crippen LogP contribution in [0.5, 0.6) is 17.2 Å². The van der Waals surface area contributed by atoms with Crippen molar-refractivity contribution < 1.29 is 82.4 Å². The van der Waals surface area contributed by atoms with Crippen LogP contribution in [0, 0.1) is 42.9 Å². The Morgan fingerprint density at radius 2 is 1.72 bits per heavy atom. The summed E-state index contributed by atoms with van der Waals surface area (Å²) in [6.45, 7) is 5.33. The van der Waals surface area contributed by atoms with Gasteiger partial charge in [0.15, 0.2) is 40.9 Å². The second kappa shape index (κ2) is 15.1. The van der Waals surface area contributed by atoms with Crippen molar-refractivity contribution in [2.45, 2.75) is 108 Å². The minimum atomic E-state index is -2.19. The van der Waals surface area contributed by atoms with E-state index in [2.05, 4.69) is 9.68 Å². The van der Waals surface area contributed by atoms with Crippen LogP contribution in [0.1, 0.15) is 83.0 Å². The number of nitrogens with zero attached hydrogens (tertiary/aromatic N) is 2. The van der Waals surface area contributed by atoms with E-state index in [1.165, 1.54) is 18.2 Å². The average Bonchev–Trinajstić information content (AvgIpc) is 3.54. The molecule has 6 rings (SSSR count). The van der Waals surface area contributed by atoms with Gasteiger partial charge in [-0.3, -0.25) is 19.3 Å². The summed E-state index contributed by atoms with van der Waals surface area (Å²) >= 11 is 0. The average molecular weight is 823 g/mol. The van der Waals surface area contributed by atoms with E-state index >= 15 is 4.39 Å². The molecule has 1 saturated heterocycles. The molecule has 316 valence electrons. The highest BCUT2D eigenvalue weighted by Gasteiger charge is 2.80. The van der Waals surface area contributed by atoms with Crippen molar-refractivity contribution in [1.29, 1.82) is 0 Å². The van der Waals surface area contributed by atoms with Crippen molar-refractivity contribution >= 4 is 23.7 Å². The number of hydrogen-bond donors (Lipinski definition) is 3. The van der Waals surface area contributed by atoms with Crippen molar-refractivity contribution in [3.05, 3.63) is 61.7 Å². The number of Topliss-reactive ketones (excluding diaryl/α,β-unsaturated/α-hetero) is 1. The number of aliphatic hydroxyl groups excluding tert-OH is 1. The SMILES string of the molecule is CC1(C)O[C@@H]2CC3C4CCC5=CC(=O)C=C[C@]5(C)[C@@]4(F)[C@@H](O)C[C@]3(C)[C@]2(C(=O)COC(=O)Oc2cc(C(=O)OCCCCC(O[N+](=O)[O-])O[N+](=O)[O-])cc(O)c2O)O1.